The molecule has 0 radical (unpaired) electrons. The Balaban J connectivity index is 5.17. The first-order valence-corrected chi connectivity index (χ1v) is 46.9. The zero-order valence-corrected chi connectivity index (χ0v) is 70.3. The second-order valence-corrected chi connectivity index (χ2v) is 34.7. The SMILES string of the molecule is CCCCCCCCCC(=O)OC[C@H](COP(=O)(O)OC[C@H](O)COP(=O)(O)OC[C@@H](COC(=O)CCCCCCCCCCCCCCCCCCC(C)C)OC(=O)CCCCCCCCCCCCCCCCCCCCC(C)CC)OC(=O)CCCCCCCCCCCCCCCC(C)C. The summed E-state index contributed by atoms with van der Waals surface area (Å²) in [4.78, 5) is 73.0. The second kappa shape index (κ2) is 75.1. The van der Waals surface area contributed by atoms with Crippen molar-refractivity contribution < 1.29 is 80.2 Å². The minimum absolute atomic E-state index is 0.107. The van der Waals surface area contributed by atoms with Crippen molar-refractivity contribution in [3.8, 4) is 0 Å². The maximum Gasteiger partial charge on any atom is 0.472 e. The fourth-order valence-electron chi connectivity index (χ4n) is 13.2. The van der Waals surface area contributed by atoms with Crippen LogP contribution in [0.5, 0.6) is 0 Å². The van der Waals surface area contributed by atoms with Gasteiger partial charge in [-0.2, -0.15) is 0 Å². The van der Waals surface area contributed by atoms with Gasteiger partial charge in [0.05, 0.1) is 26.4 Å². The quantitative estimate of drug-likeness (QED) is 0.0222. The minimum Gasteiger partial charge on any atom is -0.462 e. The van der Waals surface area contributed by atoms with E-state index in [0.29, 0.717) is 25.7 Å². The predicted molar refractivity (Wildman–Crippen MR) is 428 cm³/mol. The summed E-state index contributed by atoms with van der Waals surface area (Å²) in [6.07, 6.45) is 65.4. The molecule has 0 fully saturated rings. The maximum absolute atomic E-state index is 13.1. The van der Waals surface area contributed by atoms with Crippen molar-refractivity contribution in [3.63, 3.8) is 0 Å². The Morgan fingerprint density at radius 2 is 0.490 bits per heavy atom. The molecule has 618 valence electrons. The van der Waals surface area contributed by atoms with Gasteiger partial charge in [0.2, 0.25) is 0 Å². The topological polar surface area (TPSA) is 237 Å². The molecule has 0 aromatic carbocycles. The summed E-state index contributed by atoms with van der Waals surface area (Å²) >= 11 is 0. The molecular weight excluding hydrogens is 1350 g/mol. The summed E-state index contributed by atoms with van der Waals surface area (Å²) < 4.78 is 68.7. The van der Waals surface area contributed by atoms with Gasteiger partial charge in [0.1, 0.15) is 19.3 Å². The lowest BCUT2D eigenvalue weighted by molar-refractivity contribution is -0.161. The Morgan fingerprint density at radius 1 is 0.279 bits per heavy atom. The van der Waals surface area contributed by atoms with Crippen molar-refractivity contribution in [2.45, 2.75) is 465 Å². The van der Waals surface area contributed by atoms with Gasteiger partial charge in [-0.3, -0.25) is 37.3 Å². The van der Waals surface area contributed by atoms with E-state index in [1.807, 2.05) is 0 Å². The van der Waals surface area contributed by atoms with Gasteiger partial charge in [0.15, 0.2) is 12.2 Å². The van der Waals surface area contributed by atoms with Gasteiger partial charge in [0.25, 0.3) is 0 Å². The first-order chi connectivity index (χ1) is 50.3. The summed E-state index contributed by atoms with van der Waals surface area (Å²) in [5, 5.41) is 10.6. The zero-order chi connectivity index (χ0) is 76.5. The third kappa shape index (κ3) is 76.8. The molecule has 3 N–H and O–H groups in total. The first kappa shape index (κ1) is 102. The summed E-state index contributed by atoms with van der Waals surface area (Å²) in [6.45, 7) is 12.0. The van der Waals surface area contributed by atoms with Gasteiger partial charge in [-0.1, -0.05) is 395 Å². The van der Waals surface area contributed by atoms with E-state index in [9.17, 15) is 43.2 Å². The molecule has 0 aliphatic heterocycles. The summed E-state index contributed by atoms with van der Waals surface area (Å²) in [5.74, 6) is 0.360. The third-order valence-electron chi connectivity index (χ3n) is 20.2. The molecule has 104 heavy (non-hydrogen) atoms. The van der Waals surface area contributed by atoms with Crippen LogP contribution >= 0.6 is 15.6 Å². The number of carbonyl (C=O) groups excluding carboxylic acids is 4. The number of hydrogen-bond donors (Lipinski definition) is 3. The van der Waals surface area contributed by atoms with Crippen LogP contribution in [0.25, 0.3) is 0 Å². The number of esters is 4. The molecule has 3 unspecified atom stereocenters. The Kier molecular flexibility index (Phi) is 73.7. The smallest absolute Gasteiger partial charge is 0.462 e. The van der Waals surface area contributed by atoms with Crippen molar-refractivity contribution in [2.75, 3.05) is 39.6 Å². The van der Waals surface area contributed by atoms with Gasteiger partial charge in [0, 0.05) is 25.7 Å². The minimum atomic E-state index is -4.96. The van der Waals surface area contributed by atoms with Crippen LogP contribution in [0.1, 0.15) is 447 Å². The highest BCUT2D eigenvalue weighted by Crippen LogP contribution is 2.45. The highest BCUT2D eigenvalue weighted by atomic mass is 31.2. The monoisotopic (exact) mass is 1520 g/mol. The largest absolute Gasteiger partial charge is 0.472 e. The fraction of sp³-hybridized carbons (Fsp3) is 0.953. The number of aliphatic hydroxyl groups is 1. The van der Waals surface area contributed by atoms with E-state index in [1.54, 1.807) is 0 Å². The van der Waals surface area contributed by atoms with Gasteiger partial charge in [-0.15, -0.1) is 0 Å². The summed E-state index contributed by atoms with van der Waals surface area (Å²) in [7, 11) is -9.92. The normalized spacial score (nSPS) is 14.2. The predicted octanol–water partition coefficient (Wildman–Crippen LogP) is 25.7. The van der Waals surface area contributed by atoms with Crippen LogP contribution in [-0.2, 0) is 65.4 Å². The van der Waals surface area contributed by atoms with Gasteiger partial charge in [-0.05, 0) is 43.4 Å². The number of rotatable bonds is 83. The number of phosphoric acid groups is 2. The molecular formula is C85H166O17P2. The van der Waals surface area contributed by atoms with Crippen LogP contribution in [0.2, 0.25) is 0 Å². The molecule has 0 aliphatic carbocycles. The van der Waals surface area contributed by atoms with Gasteiger partial charge < -0.3 is 33.8 Å². The lowest BCUT2D eigenvalue weighted by Gasteiger charge is -2.21. The Labute approximate surface area is 638 Å². The highest BCUT2D eigenvalue weighted by molar-refractivity contribution is 7.47. The number of hydrogen-bond acceptors (Lipinski definition) is 15. The second-order valence-electron chi connectivity index (χ2n) is 31.8. The number of aliphatic hydroxyl groups excluding tert-OH is 1. The maximum atomic E-state index is 13.1. The standard InChI is InChI=1S/C85H166O17P2/c1-8-10-11-12-42-52-59-66-82(87)95-72-80(101-84(89)69-62-55-48-41-35-29-23-25-31-37-44-50-57-64-77(5)6)74-99-103(91,92)97-70-79(86)71-98-104(93,94)100-75-81(73-96-83(88)67-60-53-46-39-33-27-21-18-17-19-24-30-36-43-49-56-63-76(3)4)102-85(90)68-61-54-47-40-34-28-22-16-14-13-15-20-26-32-38-45-51-58-65-78(7)9-2/h76-81,86H,8-75H2,1-7H3,(H,91,92)(H,93,94)/t78?,79-,80+,81+/m0/s1. The van der Waals surface area contributed by atoms with Crippen molar-refractivity contribution in [1.82, 2.24) is 0 Å². The van der Waals surface area contributed by atoms with Crippen LogP contribution in [0, 0.1) is 17.8 Å². The molecule has 6 atom stereocenters. The van der Waals surface area contributed by atoms with Crippen LogP contribution in [0.15, 0.2) is 0 Å². The lowest BCUT2D eigenvalue weighted by Crippen LogP contribution is -2.30. The number of ether oxygens (including phenoxy) is 4. The average molecular weight is 1520 g/mol. The zero-order valence-electron chi connectivity index (χ0n) is 68.5. The van der Waals surface area contributed by atoms with E-state index >= 15 is 0 Å². The Morgan fingerprint density at radius 3 is 0.731 bits per heavy atom. The molecule has 0 heterocycles. The molecule has 0 bridgehead atoms. The molecule has 0 rings (SSSR count). The van der Waals surface area contributed by atoms with Crippen molar-refractivity contribution in [1.29, 1.82) is 0 Å². The van der Waals surface area contributed by atoms with E-state index in [2.05, 4.69) is 48.5 Å². The third-order valence-corrected chi connectivity index (χ3v) is 22.1. The average Bonchev–Trinajstić information content (AvgIpc) is 0.909. The van der Waals surface area contributed by atoms with E-state index < -0.39 is 97.5 Å². The Hall–Kier alpha value is -1.94. The fourth-order valence-corrected chi connectivity index (χ4v) is 14.7. The Bertz CT molecular complexity index is 2010. The molecule has 0 aliphatic rings. The van der Waals surface area contributed by atoms with Gasteiger partial charge >= 0.3 is 39.5 Å². The van der Waals surface area contributed by atoms with Crippen LogP contribution in [-0.4, -0.2) is 96.7 Å². The van der Waals surface area contributed by atoms with E-state index in [1.165, 1.54) is 244 Å². The van der Waals surface area contributed by atoms with Crippen molar-refractivity contribution in [2.24, 2.45) is 17.8 Å². The molecule has 0 saturated heterocycles. The van der Waals surface area contributed by atoms with Crippen LogP contribution < -0.4 is 0 Å². The molecule has 19 heteroatoms. The first-order valence-electron chi connectivity index (χ1n) is 43.9. The van der Waals surface area contributed by atoms with E-state index in [-0.39, 0.29) is 25.7 Å². The molecule has 0 spiro atoms. The van der Waals surface area contributed by atoms with Crippen LogP contribution in [0.3, 0.4) is 0 Å². The molecule has 0 amide bonds. The van der Waals surface area contributed by atoms with E-state index in [4.69, 9.17) is 37.0 Å². The molecule has 0 aromatic rings. The number of unbranched alkanes of at least 4 members (excludes halogenated alkanes) is 50. The molecule has 17 nitrogen and oxygen atoms in total. The summed E-state index contributed by atoms with van der Waals surface area (Å²) in [5.41, 5.74) is 0. The number of phosphoric ester groups is 2. The van der Waals surface area contributed by atoms with Crippen molar-refractivity contribution >= 4 is 39.5 Å². The van der Waals surface area contributed by atoms with Crippen LogP contribution in [0.4, 0.5) is 0 Å². The summed E-state index contributed by atoms with van der Waals surface area (Å²) in [6, 6.07) is 0. The molecule has 0 saturated carbocycles. The van der Waals surface area contributed by atoms with Crippen molar-refractivity contribution in [3.05, 3.63) is 0 Å². The molecule has 0 aromatic heterocycles. The number of carbonyl (C=O) groups is 4. The highest BCUT2D eigenvalue weighted by Gasteiger charge is 2.30. The van der Waals surface area contributed by atoms with E-state index in [0.717, 1.165) is 120 Å². The van der Waals surface area contributed by atoms with Gasteiger partial charge in [-0.25, -0.2) is 9.13 Å². The lowest BCUT2D eigenvalue weighted by atomic mass is 9.99.